The van der Waals surface area contributed by atoms with Gasteiger partial charge in [-0.15, -0.1) is 0 Å². The molecule has 102 valence electrons. The fourth-order valence-corrected chi connectivity index (χ4v) is 2.19. The lowest BCUT2D eigenvalue weighted by atomic mass is 10.1. The first kappa shape index (κ1) is 13.9. The molecule has 1 aromatic carbocycles. The van der Waals surface area contributed by atoms with Gasteiger partial charge in [-0.25, -0.2) is 4.39 Å². The zero-order valence-electron chi connectivity index (χ0n) is 10.6. The Bertz CT molecular complexity index is 568. The standard InChI is InChI=1S/C13H16BrFN4/c1-8-9(7-18-19-8)3-2-4-17-13-5-10(14)11(15)6-12(13)16/h5-7,17H,2-4,16H2,1H3,(H,18,19). The Kier molecular flexibility index (Phi) is 4.42. The van der Waals surface area contributed by atoms with Crippen molar-refractivity contribution >= 4 is 27.3 Å². The first-order valence-corrected chi connectivity index (χ1v) is 6.84. The van der Waals surface area contributed by atoms with Crippen LogP contribution in [0.1, 0.15) is 17.7 Å². The van der Waals surface area contributed by atoms with Gasteiger partial charge in [0.2, 0.25) is 0 Å². The summed E-state index contributed by atoms with van der Waals surface area (Å²) < 4.78 is 13.6. The van der Waals surface area contributed by atoms with Gasteiger partial charge in [-0.05, 0) is 47.3 Å². The molecule has 0 aliphatic heterocycles. The van der Waals surface area contributed by atoms with Crippen molar-refractivity contribution in [3.63, 3.8) is 0 Å². The van der Waals surface area contributed by atoms with Crippen LogP contribution in [0.2, 0.25) is 0 Å². The minimum Gasteiger partial charge on any atom is -0.397 e. The molecule has 0 aliphatic carbocycles. The van der Waals surface area contributed by atoms with Gasteiger partial charge in [0.15, 0.2) is 0 Å². The number of nitrogen functional groups attached to an aromatic ring is 1. The summed E-state index contributed by atoms with van der Waals surface area (Å²) in [6, 6.07) is 2.97. The summed E-state index contributed by atoms with van der Waals surface area (Å²) in [6.45, 7) is 2.78. The molecule has 19 heavy (non-hydrogen) atoms. The molecule has 0 spiro atoms. The van der Waals surface area contributed by atoms with Crippen molar-refractivity contribution < 1.29 is 4.39 Å². The van der Waals surface area contributed by atoms with Gasteiger partial charge in [-0.2, -0.15) is 5.10 Å². The number of hydrogen-bond acceptors (Lipinski definition) is 3. The second-order valence-electron chi connectivity index (χ2n) is 4.40. The van der Waals surface area contributed by atoms with E-state index in [1.807, 2.05) is 13.1 Å². The largest absolute Gasteiger partial charge is 0.397 e. The monoisotopic (exact) mass is 326 g/mol. The molecule has 2 aromatic rings. The van der Waals surface area contributed by atoms with Crippen LogP contribution < -0.4 is 11.1 Å². The van der Waals surface area contributed by atoms with E-state index in [-0.39, 0.29) is 5.82 Å². The molecule has 0 aliphatic rings. The van der Waals surface area contributed by atoms with Gasteiger partial charge < -0.3 is 11.1 Å². The quantitative estimate of drug-likeness (QED) is 0.583. The van der Waals surface area contributed by atoms with Crippen LogP contribution in [-0.2, 0) is 6.42 Å². The van der Waals surface area contributed by atoms with Crippen LogP contribution in [-0.4, -0.2) is 16.7 Å². The third-order valence-corrected chi connectivity index (χ3v) is 3.57. The molecule has 0 amide bonds. The summed E-state index contributed by atoms with van der Waals surface area (Å²) in [4.78, 5) is 0. The van der Waals surface area contributed by atoms with Crippen LogP contribution in [0, 0.1) is 12.7 Å². The maximum Gasteiger partial charge on any atom is 0.139 e. The number of aromatic nitrogens is 2. The summed E-state index contributed by atoms with van der Waals surface area (Å²) in [7, 11) is 0. The van der Waals surface area contributed by atoms with Crippen molar-refractivity contribution in [2.45, 2.75) is 19.8 Å². The Hall–Kier alpha value is -1.56. The lowest BCUT2D eigenvalue weighted by Crippen LogP contribution is -2.06. The van der Waals surface area contributed by atoms with Crippen LogP contribution >= 0.6 is 15.9 Å². The third kappa shape index (κ3) is 3.47. The molecule has 2 rings (SSSR count). The second-order valence-corrected chi connectivity index (χ2v) is 5.26. The van der Waals surface area contributed by atoms with Crippen LogP contribution in [0.5, 0.6) is 0 Å². The Morgan fingerprint density at radius 2 is 2.26 bits per heavy atom. The summed E-state index contributed by atoms with van der Waals surface area (Å²) in [5.74, 6) is -0.350. The topological polar surface area (TPSA) is 66.7 Å². The van der Waals surface area contributed by atoms with E-state index in [2.05, 4.69) is 31.4 Å². The third-order valence-electron chi connectivity index (χ3n) is 2.97. The molecular formula is C13H16BrFN4. The number of anilines is 2. The van der Waals surface area contributed by atoms with Crippen molar-refractivity contribution in [3.05, 3.63) is 39.9 Å². The molecule has 0 radical (unpaired) electrons. The van der Waals surface area contributed by atoms with Crippen LogP contribution in [0.15, 0.2) is 22.8 Å². The molecule has 0 atom stereocenters. The molecule has 0 saturated carbocycles. The molecule has 1 aromatic heterocycles. The molecular weight excluding hydrogens is 311 g/mol. The predicted molar refractivity (Wildman–Crippen MR) is 78.6 cm³/mol. The molecule has 6 heteroatoms. The summed E-state index contributed by atoms with van der Waals surface area (Å²) in [6.07, 6.45) is 3.74. The summed E-state index contributed by atoms with van der Waals surface area (Å²) >= 11 is 3.15. The number of benzene rings is 1. The van der Waals surface area contributed by atoms with Gasteiger partial charge in [0, 0.05) is 18.3 Å². The molecule has 0 unspecified atom stereocenters. The Balaban J connectivity index is 1.86. The van der Waals surface area contributed by atoms with E-state index >= 15 is 0 Å². The lowest BCUT2D eigenvalue weighted by molar-refractivity contribution is 0.622. The Morgan fingerprint density at radius 3 is 2.95 bits per heavy atom. The van der Waals surface area contributed by atoms with E-state index in [0.29, 0.717) is 10.2 Å². The number of halogens is 2. The number of hydrogen-bond donors (Lipinski definition) is 3. The first-order chi connectivity index (χ1) is 9.08. The highest BCUT2D eigenvalue weighted by atomic mass is 79.9. The number of aromatic amines is 1. The molecule has 0 bridgehead atoms. The molecule has 4 N–H and O–H groups in total. The number of nitrogens with one attached hydrogen (secondary N) is 2. The zero-order valence-corrected chi connectivity index (χ0v) is 12.2. The first-order valence-electron chi connectivity index (χ1n) is 6.05. The molecule has 0 saturated heterocycles. The Labute approximate surface area is 119 Å². The van der Waals surface area contributed by atoms with Crippen molar-refractivity contribution in [1.82, 2.24) is 10.2 Å². The normalized spacial score (nSPS) is 10.7. The number of rotatable bonds is 5. The van der Waals surface area contributed by atoms with Crippen molar-refractivity contribution in [1.29, 1.82) is 0 Å². The van der Waals surface area contributed by atoms with E-state index in [1.54, 1.807) is 6.07 Å². The zero-order chi connectivity index (χ0) is 13.8. The maximum absolute atomic E-state index is 13.2. The fraction of sp³-hybridized carbons (Fsp3) is 0.308. The summed E-state index contributed by atoms with van der Waals surface area (Å²) in [5.41, 5.74) is 9.24. The van der Waals surface area contributed by atoms with E-state index in [1.165, 1.54) is 11.6 Å². The minimum atomic E-state index is -0.350. The lowest BCUT2D eigenvalue weighted by Gasteiger charge is -2.10. The van der Waals surface area contributed by atoms with Crippen molar-refractivity contribution in [3.8, 4) is 0 Å². The van der Waals surface area contributed by atoms with E-state index < -0.39 is 0 Å². The number of aryl methyl sites for hydroxylation is 2. The van der Waals surface area contributed by atoms with Crippen molar-refractivity contribution in [2.75, 3.05) is 17.6 Å². The highest BCUT2D eigenvalue weighted by molar-refractivity contribution is 9.10. The van der Waals surface area contributed by atoms with Crippen LogP contribution in [0.4, 0.5) is 15.8 Å². The SMILES string of the molecule is Cc1[nH]ncc1CCCNc1cc(Br)c(F)cc1N. The molecule has 4 nitrogen and oxygen atoms in total. The predicted octanol–water partition coefficient (Wildman–Crippen LogP) is 3.25. The van der Waals surface area contributed by atoms with E-state index in [9.17, 15) is 4.39 Å². The van der Waals surface area contributed by atoms with Gasteiger partial charge in [0.25, 0.3) is 0 Å². The van der Waals surface area contributed by atoms with Crippen LogP contribution in [0.3, 0.4) is 0 Å². The maximum atomic E-state index is 13.2. The number of H-pyrrole nitrogens is 1. The average molecular weight is 327 g/mol. The minimum absolute atomic E-state index is 0.350. The van der Waals surface area contributed by atoms with E-state index in [0.717, 1.165) is 30.8 Å². The highest BCUT2D eigenvalue weighted by Gasteiger charge is 2.05. The molecule has 0 fully saturated rings. The van der Waals surface area contributed by atoms with Gasteiger partial charge in [-0.3, -0.25) is 5.10 Å². The smallest absolute Gasteiger partial charge is 0.139 e. The van der Waals surface area contributed by atoms with E-state index in [4.69, 9.17) is 5.73 Å². The van der Waals surface area contributed by atoms with Crippen molar-refractivity contribution in [2.24, 2.45) is 0 Å². The van der Waals surface area contributed by atoms with Gasteiger partial charge in [0.05, 0.1) is 22.0 Å². The number of nitrogens with zero attached hydrogens (tertiary/aromatic N) is 1. The fourth-order valence-electron chi connectivity index (χ4n) is 1.84. The highest BCUT2D eigenvalue weighted by Crippen LogP contribution is 2.26. The Morgan fingerprint density at radius 1 is 1.47 bits per heavy atom. The molecule has 1 heterocycles. The van der Waals surface area contributed by atoms with Gasteiger partial charge in [-0.1, -0.05) is 0 Å². The average Bonchev–Trinajstić information content (AvgIpc) is 2.77. The summed E-state index contributed by atoms with van der Waals surface area (Å²) in [5, 5.41) is 10.1. The van der Waals surface area contributed by atoms with Gasteiger partial charge >= 0.3 is 0 Å². The van der Waals surface area contributed by atoms with Crippen LogP contribution in [0.25, 0.3) is 0 Å². The second kappa shape index (κ2) is 6.06. The van der Waals surface area contributed by atoms with Gasteiger partial charge in [0.1, 0.15) is 5.82 Å². The number of nitrogens with two attached hydrogens (primary N) is 1.